The first-order valence-corrected chi connectivity index (χ1v) is 10.8. The largest absolute Gasteiger partial charge is 0.494 e. The minimum atomic E-state index is -3.51. The molecule has 152 valence electrons. The van der Waals surface area contributed by atoms with Gasteiger partial charge in [0.2, 0.25) is 10.0 Å². The molecule has 0 fully saturated rings. The maximum Gasteiger partial charge on any atom is 0.242 e. The Morgan fingerprint density at radius 1 is 0.900 bits per heavy atom. The summed E-state index contributed by atoms with van der Waals surface area (Å²) in [6.07, 6.45) is 0. The van der Waals surface area contributed by atoms with Crippen molar-refractivity contribution in [3.05, 3.63) is 90.0 Å². The molecule has 0 amide bonds. The van der Waals surface area contributed by atoms with Gasteiger partial charge in [0.05, 0.1) is 21.9 Å². The number of H-pyrrole nitrogens is 1. The van der Waals surface area contributed by atoms with Crippen LogP contribution in [0.15, 0.2) is 88.8 Å². The van der Waals surface area contributed by atoms with Crippen molar-refractivity contribution < 1.29 is 13.5 Å². The topological polar surface area (TPSA) is 85.8 Å². The van der Waals surface area contributed by atoms with E-state index in [1.807, 2.05) is 54.6 Å². The maximum absolute atomic E-state index is 12.3. The molecule has 4 aromatic rings. The van der Waals surface area contributed by atoms with Gasteiger partial charge in [-0.15, -0.1) is 0 Å². The van der Waals surface area contributed by atoms with Crippen LogP contribution in [0.25, 0.3) is 10.9 Å². The highest BCUT2D eigenvalue weighted by molar-refractivity contribution is 7.89. The quantitative estimate of drug-likeness (QED) is 0.473. The number of nitrogens with one attached hydrogen (secondary N) is 1. The van der Waals surface area contributed by atoms with Gasteiger partial charge in [-0.3, -0.25) is 0 Å². The third-order valence-electron chi connectivity index (χ3n) is 4.83. The number of aliphatic imine (C=N–C) groups is 1. The van der Waals surface area contributed by atoms with Gasteiger partial charge in [0.25, 0.3) is 0 Å². The molecule has 0 atom stereocenters. The maximum atomic E-state index is 12.3. The van der Waals surface area contributed by atoms with Gasteiger partial charge in [-0.1, -0.05) is 48.5 Å². The number of nitrogens with zero attached hydrogens (tertiary/aromatic N) is 2. The van der Waals surface area contributed by atoms with Crippen molar-refractivity contribution in [1.29, 1.82) is 0 Å². The van der Waals surface area contributed by atoms with Gasteiger partial charge in [0, 0.05) is 30.6 Å². The number of aromatic amines is 1. The van der Waals surface area contributed by atoms with E-state index in [9.17, 15) is 13.5 Å². The van der Waals surface area contributed by atoms with Crippen LogP contribution in [0.4, 0.5) is 5.69 Å². The van der Waals surface area contributed by atoms with Gasteiger partial charge in [-0.05, 0) is 30.3 Å². The summed E-state index contributed by atoms with van der Waals surface area (Å²) in [6, 6.07) is 23.6. The molecule has 30 heavy (non-hydrogen) atoms. The summed E-state index contributed by atoms with van der Waals surface area (Å²) in [5.41, 5.74) is 3.41. The van der Waals surface area contributed by atoms with E-state index in [4.69, 9.17) is 4.99 Å². The third kappa shape index (κ3) is 3.60. The molecule has 1 heterocycles. The van der Waals surface area contributed by atoms with Crippen LogP contribution in [-0.2, 0) is 10.0 Å². The molecule has 4 rings (SSSR count). The molecular formula is C23H21N3O3S. The summed E-state index contributed by atoms with van der Waals surface area (Å²) >= 11 is 0. The van der Waals surface area contributed by atoms with Gasteiger partial charge in [0.15, 0.2) is 5.88 Å². The van der Waals surface area contributed by atoms with Crippen molar-refractivity contribution in [2.45, 2.75) is 4.90 Å². The van der Waals surface area contributed by atoms with Crippen LogP contribution in [0.3, 0.4) is 0 Å². The molecule has 6 nitrogen and oxygen atoms in total. The van der Waals surface area contributed by atoms with Crippen LogP contribution in [0.1, 0.15) is 11.1 Å². The summed E-state index contributed by atoms with van der Waals surface area (Å²) in [7, 11) is -0.524. The van der Waals surface area contributed by atoms with Crippen LogP contribution in [0.2, 0.25) is 0 Å². The minimum Gasteiger partial charge on any atom is -0.494 e. The molecule has 0 aliphatic heterocycles. The number of rotatable bonds is 5. The Balaban J connectivity index is 1.88. The van der Waals surface area contributed by atoms with Gasteiger partial charge < -0.3 is 10.1 Å². The predicted molar refractivity (Wildman–Crippen MR) is 119 cm³/mol. The van der Waals surface area contributed by atoms with Crippen molar-refractivity contribution in [2.24, 2.45) is 4.99 Å². The lowest BCUT2D eigenvalue weighted by Gasteiger charge is -2.11. The molecule has 2 N–H and O–H groups in total. The normalized spacial score (nSPS) is 12.6. The van der Waals surface area contributed by atoms with Crippen molar-refractivity contribution in [3.63, 3.8) is 0 Å². The Morgan fingerprint density at radius 3 is 2.20 bits per heavy atom. The number of sulfonamides is 1. The van der Waals surface area contributed by atoms with Crippen LogP contribution < -0.4 is 0 Å². The molecule has 0 saturated carbocycles. The van der Waals surface area contributed by atoms with Crippen molar-refractivity contribution >= 4 is 32.3 Å². The molecule has 0 bridgehead atoms. The zero-order valence-electron chi connectivity index (χ0n) is 16.6. The third-order valence-corrected chi connectivity index (χ3v) is 6.66. The second-order valence-corrected chi connectivity index (χ2v) is 9.15. The summed E-state index contributed by atoms with van der Waals surface area (Å²) < 4.78 is 25.8. The van der Waals surface area contributed by atoms with E-state index in [2.05, 4.69) is 4.98 Å². The fourth-order valence-corrected chi connectivity index (χ4v) is 4.16. The first kappa shape index (κ1) is 19.9. The molecule has 1 aromatic heterocycles. The highest BCUT2D eigenvalue weighted by atomic mass is 32.2. The zero-order valence-corrected chi connectivity index (χ0v) is 17.4. The lowest BCUT2D eigenvalue weighted by atomic mass is 10.0. The predicted octanol–water partition coefficient (Wildman–Crippen LogP) is 4.29. The molecule has 0 aliphatic carbocycles. The number of aromatic hydroxyl groups is 1. The number of para-hydroxylation sites is 1. The van der Waals surface area contributed by atoms with E-state index in [1.165, 1.54) is 30.5 Å². The average Bonchev–Trinajstić information content (AvgIpc) is 3.08. The van der Waals surface area contributed by atoms with E-state index >= 15 is 0 Å². The zero-order chi connectivity index (χ0) is 21.3. The first-order chi connectivity index (χ1) is 14.4. The Hall–Kier alpha value is -3.42. The number of aromatic nitrogens is 1. The average molecular weight is 420 g/mol. The summed E-state index contributed by atoms with van der Waals surface area (Å²) in [5.74, 6) is 0.0330. The van der Waals surface area contributed by atoms with E-state index in [-0.39, 0.29) is 10.8 Å². The van der Waals surface area contributed by atoms with Crippen LogP contribution in [0, 0.1) is 0 Å². The number of benzene rings is 3. The molecule has 3 aromatic carbocycles. The molecule has 0 saturated heterocycles. The fraction of sp³-hybridized carbons (Fsp3) is 0.0870. The minimum absolute atomic E-state index is 0.0330. The van der Waals surface area contributed by atoms with Crippen molar-refractivity contribution in [2.75, 3.05) is 14.1 Å². The number of fused-ring (bicyclic) bond motifs is 1. The Bertz CT molecular complexity index is 1320. The summed E-state index contributed by atoms with van der Waals surface area (Å²) in [5, 5.41) is 11.5. The van der Waals surface area contributed by atoms with Gasteiger partial charge >= 0.3 is 0 Å². The van der Waals surface area contributed by atoms with Crippen LogP contribution >= 0.6 is 0 Å². The summed E-state index contributed by atoms with van der Waals surface area (Å²) in [6.45, 7) is 0. The smallest absolute Gasteiger partial charge is 0.242 e. The molecular weight excluding hydrogens is 398 g/mol. The monoisotopic (exact) mass is 419 g/mol. The Morgan fingerprint density at radius 2 is 1.53 bits per heavy atom. The highest BCUT2D eigenvalue weighted by Gasteiger charge is 2.19. The molecule has 0 radical (unpaired) electrons. The lowest BCUT2D eigenvalue weighted by Crippen LogP contribution is -2.21. The molecule has 0 aliphatic rings. The van der Waals surface area contributed by atoms with Gasteiger partial charge in [0.1, 0.15) is 0 Å². The second kappa shape index (κ2) is 7.78. The van der Waals surface area contributed by atoms with E-state index in [1.54, 1.807) is 12.1 Å². The summed E-state index contributed by atoms with van der Waals surface area (Å²) in [4.78, 5) is 7.97. The fourth-order valence-electron chi connectivity index (χ4n) is 3.26. The van der Waals surface area contributed by atoms with Gasteiger partial charge in [-0.25, -0.2) is 17.7 Å². The lowest BCUT2D eigenvalue weighted by molar-refractivity contribution is 0.457. The highest BCUT2D eigenvalue weighted by Crippen LogP contribution is 2.31. The van der Waals surface area contributed by atoms with Gasteiger partial charge in [-0.2, -0.15) is 0 Å². The van der Waals surface area contributed by atoms with Crippen LogP contribution in [0.5, 0.6) is 5.88 Å². The SMILES string of the molecule is CN(C)S(=O)(=O)c1ccc(N=C(c2ccccc2)c2c(O)[nH]c3ccccc23)cc1. The Kier molecular flexibility index (Phi) is 5.15. The van der Waals surface area contributed by atoms with Crippen LogP contribution in [-0.4, -0.2) is 42.6 Å². The molecule has 0 unspecified atom stereocenters. The van der Waals surface area contributed by atoms with E-state index in [0.717, 1.165) is 16.5 Å². The second-order valence-electron chi connectivity index (χ2n) is 7.00. The number of hydrogen-bond acceptors (Lipinski definition) is 4. The van der Waals surface area contributed by atoms with Crippen molar-refractivity contribution in [1.82, 2.24) is 9.29 Å². The first-order valence-electron chi connectivity index (χ1n) is 9.34. The van der Waals surface area contributed by atoms with E-state index in [0.29, 0.717) is 17.0 Å². The molecule has 0 spiro atoms. The Labute approximate surface area is 175 Å². The number of hydrogen-bond donors (Lipinski definition) is 2. The standard InChI is InChI=1S/C23H21N3O3S/c1-26(2)30(28,29)18-14-12-17(13-15-18)24-22(16-8-4-3-5-9-16)21-19-10-6-7-11-20(19)25-23(21)27/h3-15,25,27H,1-2H3. The van der Waals surface area contributed by atoms with E-state index < -0.39 is 10.0 Å². The van der Waals surface area contributed by atoms with Crippen molar-refractivity contribution in [3.8, 4) is 5.88 Å². The molecule has 7 heteroatoms.